The topological polar surface area (TPSA) is 46.5 Å². The second-order valence-corrected chi connectivity index (χ2v) is 9.62. The molecule has 0 aliphatic rings. The molecular formula is C35H62O3. The van der Waals surface area contributed by atoms with E-state index in [0.717, 1.165) is 0 Å². The van der Waals surface area contributed by atoms with Crippen LogP contribution in [0.1, 0.15) is 224 Å². The Hall–Kier alpha value is -1.51. The van der Waals surface area contributed by atoms with Crippen LogP contribution in [0.2, 0.25) is 0 Å². The van der Waals surface area contributed by atoms with Crippen LogP contribution in [0.25, 0.3) is 0 Å². The Bertz CT molecular complexity index is 2220. The summed E-state index contributed by atoms with van der Waals surface area (Å²) in [6.45, 7) is 2.08. The fourth-order valence-electron chi connectivity index (χ4n) is 2.82. The van der Waals surface area contributed by atoms with E-state index < -0.39 is 139 Å². The summed E-state index contributed by atoms with van der Waals surface area (Å²) in [5, 5.41) is 11.0. The fourth-order valence-corrected chi connectivity index (χ4v) is 2.82. The summed E-state index contributed by atoms with van der Waals surface area (Å²) in [5.74, 6) is -1.67. The summed E-state index contributed by atoms with van der Waals surface area (Å²) in [6.07, 6.45) is -82.3. The summed E-state index contributed by atoms with van der Waals surface area (Å²) in [6, 6.07) is 3.05. The van der Waals surface area contributed by atoms with Crippen molar-refractivity contribution in [2.45, 2.75) is 174 Å². The number of ether oxygens (including phenoxy) is 1. The van der Waals surface area contributed by atoms with E-state index in [2.05, 4.69) is 4.74 Å². The van der Waals surface area contributed by atoms with E-state index in [1.165, 1.54) is 12.1 Å². The number of phenolic OH excluding ortho intramolecular Hbond substituents is 1. The van der Waals surface area contributed by atoms with Gasteiger partial charge in [-0.15, -0.1) is 0 Å². The molecule has 3 nitrogen and oxygen atoms in total. The number of esters is 1. The Morgan fingerprint density at radius 2 is 1.13 bits per heavy atom. The van der Waals surface area contributed by atoms with Crippen molar-refractivity contribution >= 4 is 5.97 Å². The van der Waals surface area contributed by atoms with E-state index in [-0.39, 0.29) is 12.2 Å². The van der Waals surface area contributed by atoms with Gasteiger partial charge in [0, 0.05) is 54.4 Å². The molecule has 0 radical (unpaired) electrons. The monoisotopic (exact) mass is 568 g/mol. The highest BCUT2D eigenvalue weighted by molar-refractivity contribution is 5.69. The lowest BCUT2D eigenvalue weighted by atomic mass is 9.78. The first kappa shape index (κ1) is 8.51. The Labute approximate surface area is 288 Å². The van der Waals surface area contributed by atoms with Crippen molar-refractivity contribution in [3.8, 4) is 5.75 Å². The van der Waals surface area contributed by atoms with E-state index in [1.54, 1.807) is 41.5 Å². The maximum absolute atomic E-state index is 13.1. The molecule has 220 valence electrons. The van der Waals surface area contributed by atoms with Crippen molar-refractivity contribution in [3.05, 3.63) is 28.8 Å². The van der Waals surface area contributed by atoms with Crippen LogP contribution in [-0.2, 0) is 26.8 Å². The number of carbonyl (C=O) groups is 1. The van der Waals surface area contributed by atoms with Crippen LogP contribution in [0.5, 0.6) is 5.75 Å². The Morgan fingerprint density at radius 1 is 0.737 bits per heavy atom. The van der Waals surface area contributed by atoms with E-state index >= 15 is 0 Å². The van der Waals surface area contributed by atoms with Crippen LogP contribution in [0.4, 0.5) is 0 Å². The van der Waals surface area contributed by atoms with Crippen LogP contribution in [0, 0.1) is 0 Å². The zero-order valence-electron chi connectivity index (χ0n) is 59.3. The molecule has 0 unspecified atom stereocenters. The van der Waals surface area contributed by atoms with Crippen molar-refractivity contribution in [1.82, 2.24) is 0 Å². The van der Waals surface area contributed by atoms with Crippen LogP contribution >= 0.6 is 0 Å². The molecule has 1 rings (SSSR count). The molecule has 0 bridgehead atoms. The highest BCUT2D eigenvalue weighted by Crippen LogP contribution is 2.40. The van der Waals surface area contributed by atoms with Gasteiger partial charge < -0.3 is 9.84 Å². The third-order valence-corrected chi connectivity index (χ3v) is 4.56. The van der Waals surface area contributed by atoms with Gasteiger partial charge in [-0.05, 0) is 40.3 Å². The van der Waals surface area contributed by atoms with Gasteiger partial charge in [0.15, 0.2) is 0 Å². The van der Waals surface area contributed by atoms with Crippen LogP contribution in [-0.4, -0.2) is 17.6 Å². The molecule has 0 heterocycles. The first-order valence-corrected chi connectivity index (χ1v) is 11.4. The van der Waals surface area contributed by atoms with E-state index in [4.69, 9.17) is 50.7 Å². The zero-order chi connectivity index (χ0) is 61.4. The van der Waals surface area contributed by atoms with Crippen LogP contribution < -0.4 is 0 Å². The third-order valence-electron chi connectivity index (χ3n) is 4.56. The minimum absolute atomic E-state index is 0.0539. The van der Waals surface area contributed by atoms with Gasteiger partial charge in [0.25, 0.3) is 0 Å². The number of phenols is 1. The van der Waals surface area contributed by atoms with Crippen LogP contribution in [0.15, 0.2) is 12.1 Å². The molecule has 0 aromatic heterocycles. The van der Waals surface area contributed by atoms with Gasteiger partial charge in [0.2, 0.25) is 0 Å². The predicted molar refractivity (Wildman–Crippen MR) is 164 cm³/mol. The molecule has 0 saturated heterocycles. The lowest BCUT2D eigenvalue weighted by Crippen LogP contribution is -2.18. The minimum Gasteiger partial charge on any atom is -0.507 e. The van der Waals surface area contributed by atoms with Gasteiger partial charge in [0.05, 0.1) is 9.30 Å². The molecule has 0 amide bonds. The number of hydrogen-bond acceptors (Lipinski definition) is 3. The molecule has 0 atom stereocenters. The molecule has 3 heteroatoms. The Kier molecular flexibility index (Phi) is 4.19. The average Bonchev–Trinajstić information content (AvgIpc) is 3.17. The number of benzene rings is 1. The second kappa shape index (κ2) is 18.7. The highest BCUT2D eigenvalue weighted by atomic mass is 16.5. The maximum Gasteiger partial charge on any atom is 0.306 e. The number of carbonyl (C=O) groups excluding carboxylic acids is 1. The molecule has 0 spiro atoms. The molecule has 0 saturated carbocycles. The van der Waals surface area contributed by atoms with E-state index in [0.29, 0.717) is 16.7 Å². The quantitative estimate of drug-likeness (QED) is 0.159. The molecule has 0 aliphatic carbocycles. The van der Waals surface area contributed by atoms with Gasteiger partial charge in [0.1, 0.15) is 5.75 Å². The summed E-state index contributed by atoms with van der Waals surface area (Å²) in [5.41, 5.74) is -0.0795. The molecule has 0 aliphatic heterocycles. The molecule has 0 fully saturated rings. The molecule has 38 heavy (non-hydrogen) atoms. The Morgan fingerprint density at radius 3 is 1.53 bits per heavy atom. The lowest BCUT2D eigenvalue weighted by Gasteiger charge is -2.28. The van der Waals surface area contributed by atoms with Crippen molar-refractivity contribution in [1.29, 1.82) is 0 Å². The minimum atomic E-state index is -5.33. The summed E-state index contributed by atoms with van der Waals surface area (Å²) in [4.78, 5) is 13.1. The van der Waals surface area contributed by atoms with E-state index in [1.807, 2.05) is 0 Å². The number of rotatable bonds is 20. The van der Waals surface area contributed by atoms with Crippen molar-refractivity contribution in [2.24, 2.45) is 0 Å². The summed E-state index contributed by atoms with van der Waals surface area (Å²) < 4.78 is 309. The van der Waals surface area contributed by atoms with E-state index in [9.17, 15) is 9.90 Å². The second-order valence-electron chi connectivity index (χ2n) is 9.62. The van der Waals surface area contributed by atoms with Gasteiger partial charge in [-0.2, -0.15) is 0 Å². The zero-order valence-corrected chi connectivity index (χ0v) is 22.3. The average molecular weight is 568 g/mol. The molecule has 1 aromatic rings. The third kappa shape index (κ3) is 15.2. The van der Waals surface area contributed by atoms with Gasteiger partial charge in [-0.25, -0.2) is 0 Å². The molecule has 1 N–H and O–H groups in total. The number of hydrogen-bond donors (Lipinski definition) is 1. The highest BCUT2D eigenvalue weighted by Gasteiger charge is 2.26. The number of aromatic hydroxyl groups is 1. The van der Waals surface area contributed by atoms with Gasteiger partial charge in [-0.1, -0.05) is 156 Å². The summed E-state index contributed by atoms with van der Waals surface area (Å²) in [7, 11) is 0. The normalized spacial score (nSPS) is 33.4. The predicted octanol–water partition coefficient (Wildman–Crippen LogP) is 10.7. The van der Waals surface area contributed by atoms with Gasteiger partial charge >= 0.3 is 5.97 Å². The maximum atomic E-state index is 13.1. The summed E-state index contributed by atoms with van der Waals surface area (Å²) >= 11 is 0. The standard InChI is InChI=1S/C35H62O3/c1-8-9-10-11-12-13-14-15-16-17-18-19-20-21-22-23-26-38-32(36)25-24-29-27-30(34(2,3)4)33(37)31(28-29)35(5,6)7/h27-28,37H,8-26H2,1-7H3/i1D3,8D2,9D2,10D2,11D2,12D2,13D2,14D2,15D2,16D2,17D2,18D2,19D2,20D2,21D2,22D2,23D2,26D2. The molecular weight excluding hydrogens is 468 g/mol. The van der Waals surface area contributed by atoms with Gasteiger partial charge in [-0.3, -0.25) is 4.79 Å². The first-order chi connectivity index (χ1) is 31.9. The van der Waals surface area contributed by atoms with Crippen LogP contribution in [0.3, 0.4) is 0 Å². The number of aryl methyl sites for hydroxylation is 1. The SMILES string of the molecule is [2H]C([2H])([2H])C([2H])([2H])C([2H])([2H])C([2H])([2H])C([2H])([2H])C([2H])([2H])C([2H])([2H])C([2H])([2H])C([2H])([2H])C([2H])([2H])C([2H])([2H])C([2H])([2H])C([2H])([2H])C([2H])([2H])C([2H])([2H])C([2H])([2H])C([2H])([2H])C([2H])([2H])OC(=O)CCc1cc(C(C)(C)C)c(O)c(C(C)(C)C)c1. The van der Waals surface area contributed by atoms with Crippen molar-refractivity contribution < 1.29 is 65.4 Å². The smallest absolute Gasteiger partial charge is 0.306 e. The fraction of sp³-hybridized carbons (Fsp3) is 0.800. The molecule has 1 aromatic carbocycles. The van der Waals surface area contributed by atoms with Crippen molar-refractivity contribution in [2.75, 3.05) is 6.56 Å². The largest absolute Gasteiger partial charge is 0.507 e. The van der Waals surface area contributed by atoms with Crippen molar-refractivity contribution in [3.63, 3.8) is 0 Å². The Balaban J connectivity index is 3.94. The first-order valence-electron chi connectivity index (χ1n) is 29.9. The lowest BCUT2D eigenvalue weighted by molar-refractivity contribution is -0.143.